The van der Waals surface area contributed by atoms with Crippen molar-refractivity contribution in [3.8, 4) is 0 Å². The van der Waals surface area contributed by atoms with Gasteiger partial charge >= 0.3 is 8.80 Å². The molecule has 0 aromatic carbocycles. The van der Waals surface area contributed by atoms with Crippen LogP contribution < -0.4 is 0 Å². The van der Waals surface area contributed by atoms with Gasteiger partial charge in [0, 0.05) is 27.4 Å². The Kier molecular flexibility index (Phi) is 5.88. The maximum absolute atomic E-state index is 5.68. The highest BCUT2D eigenvalue weighted by atomic mass is 28.4. The van der Waals surface area contributed by atoms with Crippen LogP contribution in [0.25, 0.3) is 0 Å². The van der Waals surface area contributed by atoms with E-state index in [0.29, 0.717) is 6.61 Å². The number of epoxide rings is 1. The molecule has 1 fully saturated rings. The summed E-state index contributed by atoms with van der Waals surface area (Å²) in [7, 11) is 0.752. The van der Waals surface area contributed by atoms with Crippen molar-refractivity contribution < 1.29 is 22.8 Å². The standard InChI is InChI=1S/C10H22O5Si/c1-5-6-13-10(9-7-14-9)8-15-16(4,11-2)12-3/h9-10H,5-8H2,1-4H3. The molecule has 1 aliphatic rings. The maximum Gasteiger partial charge on any atom is 0.497 e. The van der Waals surface area contributed by atoms with Gasteiger partial charge in [0.15, 0.2) is 0 Å². The molecular weight excluding hydrogens is 228 g/mol. The lowest BCUT2D eigenvalue weighted by Crippen LogP contribution is -2.43. The molecule has 0 radical (unpaired) electrons. The summed E-state index contributed by atoms with van der Waals surface area (Å²) in [6.45, 7) is 5.89. The number of hydrogen-bond acceptors (Lipinski definition) is 5. The zero-order valence-electron chi connectivity index (χ0n) is 10.5. The molecule has 5 nitrogen and oxygen atoms in total. The van der Waals surface area contributed by atoms with Gasteiger partial charge in [0.2, 0.25) is 0 Å². The molecule has 96 valence electrons. The van der Waals surface area contributed by atoms with Crippen molar-refractivity contribution in [3.05, 3.63) is 0 Å². The topological polar surface area (TPSA) is 49.5 Å². The highest BCUT2D eigenvalue weighted by Crippen LogP contribution is 2.19. The molecule has 6 heteroatoms. The van der Waals surface area contributed by atoms with Gasteiger partial charge < -0.3 is 22.8 Å². The Morgan fingerprint density at radius 3 is 2.44 bits per heavy atom. The Hall–Kier alpha value is 0.0169. The number of rotatable bonds is 9. The zero-order chi connectivity index (χ0) is 12.0. The summed E-state index contributed by atoms with van der Waals surface area (Å²) in [5, 5.41) is 0. The maximum atomic E-state index is 5.68. The predicted molar refractivity (Wildman–Crippen MR) is 61.4 cm³/mol. The fourth-order valence-corrected chi connectivity index (χ4v) is 2.11. The van der Waals surface area contributed by atoms with Crippen molar-refractivity contribution in [3.63, 3.8) is 0 Å². The van der Waals surface area contributed by atoms with Crippen LogP contribution in [-0.2, 0) is 22.8 Å². The summed E-state index contributed by atoms with van der Waals surface area (Å²) in [5.41, 5.74) is 0. The summed E-state index contributed by atoms with van der Waals surface area (Å²) in [5.74, 6) is 0. The quantitative estimate of drug-likeness (QED) is 0.452. The van der Waals surface area contributed by atoms with Crippen molar-refractivity contribution >= 4 is 8.80 Å². The van der Waals surface area contributed by atoms with Crippen LogP contribution in [0.5, 0.6) is 0 Å². The third-order valence-electron chi connectivity index (χ3n) is 2.56. The molecule has 0 aliphatic carbocycles. The van der Waals surface area contributed by atoms with Crippen LogP contribution in [0.2, 0.25) is 6.55 Å². The molecule has 0 aromatic heterocycles. The van der Waals surface area contributed by atoms with E-state index in [1.807, 2.05) is 6.55 Å². The monoisotopic (exact) mass is 250 g/mol. The SMILES string of the molecule is CCCOC(CO[Si](C)(OC)OC)C1CO1. The van der Waals surface area contributed by atoms with Gasteiger partial charge in [0.05, 0.1) is 13.2 Å². The van der Waals surface area contributed by atoms with E-state index in [9.17, 15) is 0 Å². The van der Waals surface area contributed by atoms with E-state index in [1.54, 1.807) is 14.2 Å². The highest BCUT2D eigenvalue weighted by molar-refractivity contribution is 6.59. The minimum Gasteiger partial charge on any atom is -0.377 e. The second-order valence-electron chi connectivity index (χ2n) is 3.86. The molecule has 1 saturated heterocycles. The largest absolute Gasteiger partial charge is 0.497 e. The molecule has 1 aliphatic heterocycles. The van der Waals surface area contributed by atoms with Gasteiger partial charge in [-0.1, -0.05) is 6.92 Å². The summed E-state index contributed by atoms with van der Waals surface area (Å²) in [6.07, 6.45) is 1.17. The lowest BCUT2D eigenvalue weighted by molar-refractivity contribution is -0.0174. The molecule has 16 heavy (non-hydrogen) atoms. The fraction of sp³-hybridized carbons (Fsp3) is 1.00. The van der Waals surface area contributed by atoms with Crippen LogP contribution in [-0.4, -0.2) is 55.1 Å². The van der Waals surface area contributed by atoms with Gasteiger partial charge in [0.25, 0.3) is 0 Å². The Labute approximate surface area is 98.3 Å². The molecule has 0 aromatic rings. The van der Waals surface area contributed by atoms with Crippen LogP contribution in [0.4, 0.5) is 0 Å². The molecule has 0 amide bonds. The van der Waals surface area contributed by atoms with Crippen molar-refractivity contribution in [1.29, 1.82) is 0 Å². The van der Waals surface area contributed by atoms with E-state index in [2.05, 4.69) is 6.92 Å². The van der Waals surface area contributed by atoms with E-state index in [1.165, 1.54) is 0 Å². The van der Waals surface area contributed by atoms with Crippen LogP contribution in [0.1, 0.15) is 13.3 Å². The average Bonchev–Trinajstić information content (AvgIpc) is 3.13. The van der Waals surface area contributed by atoms with E-state index >= 15 is 0 Å². The van der Waals surface area contributed by atoms with Crippen molar-refractivity contribution in [2.24, 2.45) is 0 Å². The Morgan fingerprint density at radius 2 is 2.00 bits per heavy atom. The molecular formula is C10H22O5Si. The third-order valence-corrected chi connectivity index (χ3v) is 4.74. The van der Waals surface area contributed by atoms with E-state index < -0.39 is 8.80 Å². The Balaban J connectivity index is 2.31. The third kappa shape index (κ3) is 4.48. The fourth-order valence-electron chi connectivity index (χ4n) is 1.24. The van der Waals surface area contributed by atoms with Crippen LogP contribution >= 0.6 is 0 Å². The first-order chi connectivity index (χ1) is 7.65. The van der Waals surface area contributed by atoms with Gasteiger partial charge in [-0.25, -0.2) is 0 Å². The molecule has 1 heterocycles. The zero-order valence-corrected chi connectivity index (χ0v) is 11.5. The Morgan fingerprint density at radius 1 is 1.38 bits per heavy atom. The lowest BCUT2D eigenvalue weighted by atomic mass is 10.3. The summed E-state index contributed by atoms with van der Waals surface area (Å²) in [4.78, 5) is 0. The van der Waals surface area contributed by atoms with Gasteiger partial charge in [-0.3, -0.25) is 0 Å². The normalized spacial score (nSPS) is 22.1. The van der Waals surface area contributed by atoms with Crippen molar-refractivity contribution in [1.82, 2.24) is 0 Å². The van der Waals surface area contributed by atoms with Crippen molar-refractivity contribution in [2.45, 2.75) is 32.1 Å². The molecule has 0 spiro atoms. The van der Waals surface area contributed by atoms with Crippen molar-refractivity contribution in [2.75, 3.05) is 34.0 Å². The summed E-state index contributed by atoms with van der Waals surface area (Å²) < 4.78 is 27.0. The smallest absolute Gasteiger partial charge is 0.377 e. The second kappa shape index (κ2) is 6.68. The molecule has 0 bridgehead atoms. The molecule has 2 atom stereocenters. The second-order valence-corrected chi connectivity index (χ2v) is 6.69. The molecule has 1 rings (SSSR count). The Bertz CT molecular complexity index is 194. The van der Waals surface area contributed by atoms with Gasteiger partial charge in [-0.2, -0.15) is 0 Å². The highest BCUT2D eigenvalue weighted by Gasteiger charge is 2.38. The first-order valence-corrected chi connectivity index (χ1v) is 7.85. The van der Waals surface area contributed by atoms with Crippen LogP contribution in [0, 0.1) is 0 Å². The van der Waals surface area contributed by atoms with E-state index in [4.69, 9.17) is 22.8 Å². The van der Waals surface area contributed by atoms with Crippen LogP contribution in [0.15, 0.2) is 0 Å². The minimum absolute atomic E-state index is 0.00271. The number of ether oxygens (including phenoxy) is 2. The lowest BCUT2D eigenvalue weighted by Gasteiger charge is -2.25. The van der Waals surface area contributed by atoms with Gasteiger partial charge in [0.1, 0.15) is 12.2 Å². The van der Waals surface area contributed by atoms with E-state index in [-0.39, 0.29) is 12.2 Å². The number of hydrogen-bond donors (Lipinski definition) is 0. The minimum atomic E-state index is -2.45. The van der Waals surface area contributed by atoms with Gasteiger partial charge in [-0.05, 0) is 6.42 Å². The predicted octanol–water partition coefficient (Wildman–Crippen LogP) is 1.06. The van der Waals surface area contributed by atoms with Gasteiger partial charge in [-0.15, -0.1) is 0 Å². The first-order valence-electron chi connectivity index (χ1n) is 5.62. The average molecular weight is 250 g/mol. The molecule has 0 N–H and O–H groups in total. The first kappa shape index (κ1) is 14.1. The van der Waals surface area contributed by atoms with E-state index in [0.717, 1.165) is 19.6 Å². The molecule has 0 saturated carbocycles. The summed E-state index contributed by atoms with van der Waals surface area (Å²) >= 11 is 0. The molecule has 2 unspecified atom stereocenters. The summed E-state index contributed by atoms with van der Waals surface area (Å²) in [6, 6.07) is 0. The van der Waals surface area contributed by atoms with Crippen LogP contribution in [0.3, 0.4) is 0 Å².